The van der Waals surface area contributed by atoms with Gasteiger partial charge in [-0.2, -0.15) is 0 Å². The van der Waals surface area contributed by atoms with E-state index in [-0.39, 0.29) is 5.92 Å². The average molecular weight is 184 g/mol. The summed E-state index contributed by atoms with van der Waals surface area (Å²) in [4.78, 5) is 10.9. The molecule has 4 unspecified atom stereocenters. The van der Waals surface area contributed by atoms with Gasteiger partial charge < -0.3 is 9.84 Å². The molecule has 3 rings (SSSR count). The third-order valence-corrected chi connectivity index (χ3v) is 3.71. The molecule has 0 radical (unpaired) electrons. The second-order valence-electron chi connectivity index (χ2n) is 4.29. The van der Waals surface area contributed by atoms with E-state index in [1.54, 1.807) is 7.11 Å². The van der Waals surface area contributed by atoms with Gasteiger partial charge in [0.2, 0.25) is 0 Å². The summed E-state index contributed by atoms with van der Waals surface area (Å²) in [5.74, 6) is 0.165. The van der Waals surface area contributed by atoms with Gasteiger partial charge in [0.15, 0.2) is 0 Å². The summed E-state index contributed by atoms with van der Waals surface area (Å²) in [6.07, 6.45) is 4.36. The molecule has 0 aliphatic heterocycles. The Morgan fingerprint density at radius 3 is 2.46 bits per heavy atom. The first-order valence-corrected chi connectivity index (χ1v) is 4.98. The molecule has 0 aromatic rings. The van der Waals surface area contributed by atoms with Crippen LogP contribution in [-0.2, 0) is 9.53 Å². The number of rotatable bonds is 2. The highest BCUT2D eigenvalue weighted by Gasteiger charge is 2.44. The van der Waals surface area contributed by atoms with Gasteiger partial charge in [-0.05, 0) is 37.5 Å². The number of carboxylic acids is 1. The number of aliphatic carboxylic acids is 1. The summed E-state index contributed by atoms with van der Waals surface area (Å²) in [6, 6.07) is 0. The van der Waals surface area contributed by atoms with Crippen molar-refractivity contribution < 1.29 is 14.6 Å². The highest BCUT2D eigenvalue weighted by Crippen LogP contribution is 2.46. The number of hydrogen-bond acceptors (Lipinski definition) is 2. The van der Waals surface area contributed by atoms with Crippen LogP contribution in [0, 0.1) is 17.8 Å². The summed E-state index contributed by atoms with van der Waals surface area (Å²) < 4.78 is 5.36. The fourth-order valence-corrected chi connectivity index (χ4v) is 2.97. The largest absolute Gasteiger partial charge is 0.481 e. The maximum atomic E-state index is 10.9. The van der Waals surface area contributed by atoms with Crippen LogP contribution in [0.3, 0.4) is 0 Å². The van der Waals surface area contributed by atoms with E-state index in [4.69, 9.17) is 9.84 Å². The molecule has 4 atom stereocenters. The zero-order valence-corrected chi connectivity index (χ0v) is 7.90. The Labute approximate surface area is 78.1 Å². The Kier molecular flexibility index (Phi) is 2.28. The van der Waals surface area contributed by atoms with E-state index >= 15 is 0 Å². The second kappa shape index (κ2) is 3.29. The number of ether oxygens (including phenoxy) is 1. The molecule has 3 aliphatic rings. The van der Waals surface area contributed by atoms with Gasteiger partial charge in [-0.1, -0.05) is 0 Å². The molecule has 0 heterocycles. The lowest BCUT2D eigenvalue weighted by atomic mass is 9.63. The van der Waals surface area contributed by atoms with Crippen molar-refractivity contribution in [2.24, 2.45) is 17.8 Å². The smallest absolute Gasteiger partial charge is 0.306 e. The summed E-state index contributed by atoms with van der Waals surface area (Å²) in [6.45, 7) is 0. The van der Waals surface area contributed by atoms with Crippen molar-refractivity contribution >= 4 is 5.97 Å². The van der Waals surface area contributed by atoms with Crippen LogP contribution in [0.4, 0.5) is 0 Å². The fraction of sp³-hybridized carbons (Fsp3) is 0.900. The van der Waals surface area contributed by atoms with E-state index in [0.717, 1.165) is 25.7 Å². The van der Waals surface area contributed by atoms with Crippen LogP contribution in [0.25, 0.3) is 0 Å². The summed E-state index contributed by atoms with van der Waals surface area (Å²) in [5.41, 5.74) is 0. The Bertz CT molecular complexity index is 214. The molecule has 2 bridgehead atoms. The molecule has 0 aromatic heterocycles. The van der Waals surface area contributed by atoms with Crippen LogP contribution in [0.15, 0.2) is 0 Å². The molecule has 74 valence electrons. The number of methoxy groups -OCH3 is 1. The molecule has 3 nitrogen and oxygen atoms in total. The van der Waals surface area contributed by atoms with Crippen LogP contribution < -0.4 is 0 Å². The Morgan fingerprint density at radius 2 is 2.00 bits per heavy atom. The van der Waals surface area contributed by atoms with Crippen molar-refractivity contribution in [3.8, 4) is 0 Å². The van der Waals surface area contributed by atoms with Crippen LogP contribution >= 0.6 is 0 Å². The molecular formula is C10H16O3. The summed E-state index contributed by atoms with van der Waals surface area (Å²) in [7, 11) is 1.74. The van der Waals surface area contributed by atoms with Crippen molar-refractivity contribution in [3.05, 3.63) is 0 Å². The Morgan fingerprint density at radius 1 is 1.31 bits per heavy atom. The van der Waals surface area contributed by atoms with Crippen LogP contribution in [-0.4, -0.2) is 24.3 Å². The van der Waals surface area contributed by atoms with Gasteiger partial charge in [-0.25, -0.2) is 0 Å². The Hall–Kier alpha value is -0.570. The van der Waals surface area contributed by atoms with Crippen molar-refractivity contribution in [2.75, 3.05) is 7.11 Å². The summed E-state index contributed by atoms with van der Waals surface area (Å²) >= 11 is 0. The molecule has 0 aromatic carbocycles. The standard InChI is InChI=1S/C10H16O3/c1-13-9-5-6-2-3-7(9)4-8(6)10(11)12/h6-9H,2-5H2,1H3,(H,11,12). The van der Waals surface area contributed by atoms with Gasteiger partial charge in [-0.3, -0.25) is 4.79 Å². The van der Waals surface area contributed by atoms with Gasteiger partial charge in [-0.15, -0.1) is 0 Å². The normalized spacial score (nSPS) is 43.5. The number of hydrogen-bond donors (Lipinski definition) is 1. The molecule has 0 saturated heterocycles. The van der Waals surface area contributed by atoms with Crippen molar-refractivity contribution in [1.29, 1.82) is 0 Å². The third-order valence-electron chi connectivity index (χ3n) is 3.71. The van der Waals surface area contributed by atoms with Crippen LogP contribution in [0.2, 0.25) is 0 Å². The third kappa shape index (κ3) is 1.46. The fourth-order valence-electron chi connectivity index (χ4n) is 2.97. The molecule has 13 heavy (non-hydrogen) atoms. The monoisotopic (exact) mass is 184 g/mol. The van der Waals surface area contributed by atoms with Gasteiger partial charge in [0.1, 0.15) is 0 Å². The van der Waals surface area contributed by atoms with E-state index in [0.29, 0.717) is 17.9 Å². The summed E-state index contributed by atoms with van der Waals surface area (Å²) in [5, 5.41) is 8.98. The molecule has 3 heteroatoms. The van der Waals surface area contributed by atoms with E-state index in [1.165, 1.54) is 0 Å². The molecule has 0 spiro atoms. The molecule has 3 saturated carbocycles. The second-order valence-corrected chi connectivity index (χ2v) is 4.29. The highest BCUT2D eigenvalue weighted by atomic mass is 16.5. The minimum absolute atomic E-state index is 0.0925. The van der Waals surface area contributed by atoms with E-state index in [2.05, 4.69) is 0 Å². The van der Waals surface area contributed by atoms with Crippen molar-refractivity contribution in [1.82, 2.24) is 0 Å². The SMILES string of the molecule is COC1CC2CCC1CC2C(=O)O. The van der Waals surface area contributed by atoms with E-state index in [1.807, 2.05) is 0 Å². The Balaban J connectivity index is 2.07. The minimum Gasteiger partial charge on any atom is -0.481 e. The lowest BCUT2D eigenvalue weighted by Crippen LogP contribution is -2.44. The first-order chi connectivity index (χ1) is 6.22. The van der Waals surface area contributed by atoms with Gasteiger partial charge in [0.25, 0.3) is 0 Å². The molecular weight excluding hydrogens is 168 g/mol. The average Bonchev–Trinajstić information content (AvgIpc) is 2.18. The molecule has 3 aliphatic carbocycles. The molecule has 0 amide bonds. The van der Waals surface area contributed by atoms with Gasteiger partial charge in [0.05, 0.1) is 12.0 Å². The van der Waals surface area contributed by atoms with Crippen LogP contribution in [0.1, 0.15) is 25.7 Å². The molecule has 3 fully saturated rings. The first-order valence-electron chi connectivity index (χ1n) is 4.98. The molecule has 1 N–H and O–H groups in total. The topological polar surface area (TPSA) is 46.5 Å². The highest BCUT2D eigenvalue weighted by molar-refractivity contribution is 5.70. The van der Waals surface area contributed by atoms with E-state index < -0.39 is 5.97 Å². The maximum absolute atomic E-state index is 10.9. The maximum Gasteiger partial charge on any atom is 0.306 e. The van der Waals surface area contributed by atoms with Crippen molar-refractivity contribution in [3.63, 3.8) is 0 Å². The van der Waals surface area contributed by atoms with E-state index in [9.17, 15) is 4.79 Å². The van der Waals surface area contributed by atoms with Gasteiger partial charge >= 0.3 is 5.97 Å². The zero-order chi connectivity index (χ0) is 9.42. The number of carbonyl (C=O) groups is 1. The predicted molar refractivity (Wildman–Crippen MR) is 47.4 cm³/mol. The predicted octanol–water partition coefficient (Wildman–Crippen LogP) is 1.52. The lowest BCUT2D eigenvalue weighted by molar-refractivity contribution is -0.152. The minimum atomic E-state index is -0.607. The van der Waals surface area contributed by atoms with Crippen molar-refractivity contribution in [2.45, 2.75) is 31.8 Å². The number of fused-ring (bicyclic) bond motifs is 3. The quantitative estimate of drug-likeness (QED) is 0.707. The first kappa shape index (κ1) is 9.00. The zero-order valence-electron chi connectivity index (χ0n) is 7.90. The number of carboxylic acid groups (broad SMARTS) is 1. The van der Waals surface area contributed by atoms with Gasteiger partial charge in [0, 0.05) is 7.11 Å². The lowest BCUT2D eigenvalue weighted by Gasteiger charge is -2.44. The van der Waals surface area contributed by atoms with Crippen LogP contribution in [0.5, 0.6) is 0 Å².